The van der Waals surface area contributed by atoms with Crippen LogP contribution in [-0.4, -0.2) is 22.6 Å². The Balaban J connectivity index is 0.000000313. The van der Waals surface area contributed by atoms with Crippen molar-refractivity contribution in [2.45, 2.75) is 30.8 Å². The molecule has 0 saturated heterocycles. The van der Waals surface area contributed by atoms with Gasteiger partial charge in [0.25, 0.3) is 0 Å². The van der Waals surface area contributed by atoms with E-state index in [2.05, 4.69) is 51.8 Å². The molecule has 0 amide bonds. The molecule has 0 saturated carbocycles. The predicted molar refractivity (Wildman–Crippen MR) is 125 cm³/mol. The molecule has 2 N–H and O–H groups in total. The number of aliphatic hydroxyl groups is 2. The standard InChI is InChI=1S/C18H20O3.C6H7PS/c1-13-2-4-14(5-3-13)15-6-8-16(9-7-15)18(21)11-10-17(20)12-19;7-8-6-4-2-1-3-5-6/h2-9,18-19,21H,10-12H2,1H3;1-5H,7H2. The van der Waals surface area contributed by atoms with Crippen LogP contribution in [0.15, 0.2) is 83.8 Å². The molecule has 0 heterocycles. The molecular weight excluding hydrogens is 399 g/mol. The van der Waals surface area contributed by atoms with E-state index in [-0.39, 0.29) is 12.2 Å². The molecule has 152 valence electrons. The minimum atomic E-state index is -0.674. The number of carbonyl (C=O) groups excluding carboxylic acids is 1. The molecule has 0 fully saturated rings. The minimum absolute atomic E-state index is 0.192. The molecule has 0 bridgehead atoms. The Labute approximate surface area is 179 Å². The van der Waals surface area contributed by atoms with Crippen LogP contribution in [0.3, 0.4) is 0 Å². The van der Waals surface area contributed by atoms with Crippen LogP contribution in [0.1, 0.15) is 30.1 Å². The predicted octanol–water partition coefficient (Wildman–Crippen LogP) is 5.61. The van der Waals surface area contributed by atoms with Crippen molar-refractivity contribution >= 4 is 25.6 Å². The van der Waals surface area contributed by atoms with E-state index in [1.165, 1.54) is 10.5 Å². The molecule has 0 radical (unpaired) electrons. The highest BCUT2D eigenvalue weighted by Crippen LogP contribution is 2.24. The summed E-state index contributed by atoms with van der Waals surface area (Å²) in [6.07, 6.45) is -0.145. The van der Waals surface area contributed by atoms with Crippen molar-refractivity contribution in [3.63, 3.8) is 0 Å². The Kier molecular flexibility index (Phi) is 10.1. The van der Waals surface area contributed by atoms with Crippen LogP contribution in [0.4, 0.5) is 0 Å². The second kappa shape index (κ2) is 12.6. The van der Waals surface area contributed by atoms with Gasteiger partial charge in [0.2, 0.25) is 0 Å². The highest BCUT2D eigenvalue weighted by atomic mass is 32.7. The summed E-state index contributed by atoms with van der Waals surface area (Å²) in [5, 5.41) is 18.7. The van der Waals surface area contributed by atoms with Gasteiger partial charge in [-0.2, -0.15) is 0 Å². The third-order valence-electron chi connectivity index (χ3n) is 4.43. The molecule has 3 rings (SSSR count). The van der Waals surface area contributed by atoms with Gasteiger partial charge in [-0.3, -0.25) is 4.79 Å². The number of aliphatic hydroxyl groups excluding tert-OH is 2. The van der Waals surface area contributed by atoms with Crippen molar-refractivity contribution in [1.29, 1.82) is 0 Å². The molecule has 3 aromatic rings. The Bertz CT molecular complexity index is 865. The summed E-state index contributed by atoms with van der Waals surface area (Å²) < 4.78 is 0. The van der Waals surface area contributed by atoms with Gasteiger partial charge in [-0.1, -0.05) is 80.7 Å². The van der Waals surface area contributed by atoms with Crippen molar-refractivity contribution < 1.29 is 15.0 Å². The highest BCUT2D eigenvalue weighted by Gasteiger charge is 2.10. The van der Waals surface area contributed by atoms with E-state index in [4.69, 9.17) is 5.11 Å². The monoisotopic (exact) mass is 426 g/mol. The molecule has 2 atom stereocenters. The van der Waals surface area contributed by atoms with E-state index in [0.717, 1.165) is 16.7 Å². The minimum Gasteiger partial charge on any atom is -0.389 e. The molecule has 2 unspecified atom stereocenters. The second-order valence-electron chi connectivity index (χ2n) is 6.67. The molecule has 5 heteroatoms. The van der Waals surface area contributed by atoms with E-state index in [9.17, 15) is 9.90 Å². The number of benzene rings is 3. The second-order valence-corrected chi connectivity index (χ2v) is 8.08. The fourth-order valence-corrected chi connectivity index (χ4v) is 3.47. The average molecular weight is 427 g/mol. The average Bonchev–Trinajstić information content (AvgIpc) is 2.78. The fraction of sp³-hybridized carbons (Fsp3) is 0.208. The van der Waals surface area contributed by atoms with E-state index >= 15 is 0 Å². The summed E-state index contributed by atoms with van der Waals surface area (Å²) in [6, 6.07) is 26.2. The first-order valence-corrected chi connectivity index (χ1v) is 11.7. The number of carbonyl (C=O) groups is 1. The van der Waals surface area contributed by atoms with Gasteiger partial charge < -0.3 is 10.2 Å². The van der Waals surface area contributed by atoms with Gasteiger partial charge in [0.1, 0.15) is 6.61 Å². The zero-order valence-corrected chi connectivity index (χ0v) is 18.5. The SMILES string of the molecule is Cc1ccc(-c2ccc(C(O)CCC(=O)CO)cc2)cc1.PSc1ccccc1. The zero-order valence-electron chi connectivity index (χ0n) is 16.5. The Morgan fingerprint density at radius 3 is 1.97 bits per heavy atom. The van der Waals surface area contributed by atoms with Gasteiger partial charge in [-0.05, 0) is 42.2 Å². The first-order valence-electron chi connectivity index (χ1n) is 9.43. The molecule has 3 nitrogen and oxygen atoms in total. The molecule has 0 spiro atoms. The van der Waals surface area contributed by atoms with Crippen molar-refractivity contribution in [3.05, 3.63) is 90.0 Å². The van der Waals surface area contributed by atoms with E-state index in [0.29, 0.717) is 6.42 Å². The van der Waals surface area contributed by atoms with Gasteiger partial charge in [-0.25, -0.2) is 0 Å². The summed E-state index contributed by atoms with van der Waals surface area (Å²) in [5.41, 5.74) is 4.24. The topological polar surface area (TPSA) is 57.5 Å². The molecule has 0 aliphatic heterocycles. The van der Waals surface area contributed by atoms with Crippen molar-refractivity contribution in [1.82, 2.24) is 0 Å². The van der Waals surface area contributed by atoms with Crippen LogP contribution >= 0.6 is 19.8 Å². The van der Waals surface area contributed by atoms with Gasteiger partial charge >= 0.3 is 0 Å². The number of hydrogen-bond donors (Lipinski definition) is 2. The fourth-order valence-electron chi connectivity index (χ4n) is 2.69. The molecule has 0 aromatic heterocycles. The maximum absolute atomic E-state index is 11.1. The smallest absolute Gasteiger partial charge is 0.158 e. The third kappa shape index (κ3) is 8.12. The number of rotatable bonds is 7. The van der Waals surface area contributed by atoms with Crippen LogP contribution in [0.2, 0.25) is 0 Å². The Morgan fingerprint density at radius 1 is 0.931 bits per heavy atom. The van der Waals surface area contributed by atoms with Crippen LogP contribution in [-0.2, 0) is 4.79 Å². The molecule has 0 aliphatic rings. The maximum Gasteiger partial charge on any atom is 0.158 e. The quantitative estimate of drug-likeness (QED) is 0.483. The van der Waals surface area contributed by atoms with Crippen LogP contribution in [0, 0.1) is 6.92 Å². The largest absolute Gasteiger partial charge is 0.389 e. The number of Topliss-reactive ketones (excluding diaryl/α,β-unsaturated/α-hetero) is 1. The van der Waals surface area contributed by atoms with E-state index in [1.807, 2.05) is 42.5 Å². The Morgan fingerprint density at radius 2 is 1.48 bits per heavy atom. The molecular formula is C24H27O3PS. The normalized spacial score (nSPS) is 11.3. The van der Waals surface area contributed by atoms with Crippen molar-refractivity contribution in [3.8, 4) is 11.1 Å². The summed E-state index contributed by atoms with van der Waals surface area (Å²) in [4.78, 5) is 12.3. The maximum atomic E-state index is 11.1. The first-order chi connectivity index (χ1) is 14.0. The van der Waals surface area contributed by atoms with Gasteiger partial charge in [0.05, 0.1) is 6.10 Å². The van der Waals surface area contributed by atoms with E-state index in [1.54, 1.807) is 11.4 Å². The summed E-state index contributed by atoms with van der Waals surface area (Å²) >= 11 is 1.69. The van der Waals surface area contributed by atoms with Crippen LogP contribution in [0.5, 0.6) is 0 Å². The van der Waals surface area contributed by atoms with Gasteiger partial charge in [-0.15, -0.1) is 11.4 Å². The number of ketones is 1. The lowest BCUT2D eigenvalue weighted by molar-refractivity contribution is -0.122. The number of hydrogen-bond acceptors (Lipinski definition) is 4. The summed E-state index contributed by atoms with van der Waals surface area (Å²) in [6.45, 7) is 1.59. The summed E-state index contributed by atoms with van der Waals surface area (Å²) in [7, 11) is 2.61. The van der Waals surface area contributed by atoms with Crippen molar-refractivity contribution in [2.75, 3.05) is 6.61 Å². The molecule has 29 heavy (non-hydrogen) atoms. The first kappa shape index (κ1) is 23.3. The van der Waals surface area contributed by atoms with Gasteiger partial charge in [0.15, 0.2) is 5.78 Å². The highest BCUT2D eigenvalue weighted by molar-refractivity contribution is 8.43. The Hall–Kier alpha value is -1.97. The molecule has 3 aromatic carbocycles. The molecule has 0 aliphatic carbocycles. The third-order valence-corrected chi connectivity index (χ3v) is 5.79. The number of aryl methyl sites for hydroxylation is 1. The van der Waals surface area contributed by atoms with Crippen LogP contribution < -0.4 is 0 Å². The van der Waals surface area contributed by atoms with E-state index < -0.39 is 12.7 Å². The lowest BCUT2D eigenvalue weighted by Crippen LogP contribution is -2.06. The van der Waals surface area contributed by atoms with Crippen molar-refractivity contribution in [2.24, 2.45) is 0 Å². The van der Waals surface area contributed by atoms with Gasteiger partial charge in [0, 0.05) is 11.3 Å². The lowest BCUT2D eigenvalue weighted by atomic mass is 9.99. The zero-order chi connectivity index (χ0) is 21.1. The van der Waals surface area contributed by atoms with Crippen LogP contribution in [0.25, 0.3) is 11.1 Å². The summed E-state index contributed by atoms with van der Waals surface area (Å²) in [5.74, 6) is -0.245. The lowest BCUT2D eigenvalue weighted by Gasteiger charge is -2.11.